The fourth-order valence-corrected chi connectivity index (χ4v) is 6.25. The van der Waals surface area contributed by atoms with Crippen LogP contribution in [-0.2, 0) is 0 Å². The molecule has 5 nitrogen and oxygen atoms in total. The largest absolute Gasteiger partial charge is 0.457 e. The van der Waals surface area contributed by atoms with Crippen molar-refractivity contribution in [3.05, 3.63) is 90.3 Å². The summed E-state index contributed by atoms with van der Waals surface area (Å²) >= 11 is 0. The summed E-state index contributed by atoms with van der Waals surface area (Å²) in [5.41, 5.74) is 1.35. The van der Waals surface area contributed by atoms with Crippen molar-refractivity contribution in [3.8, 4) is 11.5 Å². The highest BCUT2D eigenvalue weighted by Gasteiger charge is 2.64. The number of nitrogens with one attached hydrogen (secondary N) is 1. The minimum absolute atomic E-state index is 0.0945. The van der Waals surface area contributed by atoms with Crippen molar-refractivity contribution in [3.63, 3.8) is 0 Å². The van der Waals surface area contributed by atoms with Gasteiger partial charge in [0.1, 0.15) is 17.0 Å². The molecule has 5 heterocycles. The van der Waals surface area contributed by atoms with Gasteiger partial charge in [-0.15, -0.1) is 0 Å². The lowest BCUT2D eigenvalue weighted by Gasteiger charge is -2.57. The summed E-state index contributed by atoms with van der Waals surface area (Å²) in [6.45, 7) is 2.78. The Morgan fingerprint density at radius 2 is 1.72 bits per heavy atom. The molecule has 3 atom stereocenters. The number of ketones is 1. The molecule has 0 spiro atoms. The molecule has 5 heteroatoms. The van der Waals surface area contributed by atoms with Crippen molar-refractivity contribution in [1.82, 2.24) is 15.2 Å². The molecule has 0 saturated carbocycles. The van der Waals surface area contributed by atoms with Crippen molar-refractivity contribution in [2.75, 3.05) is 19.6 Å². The third-order valence-corrected chi connectivity index (χ3v) is 7.63. The summed E-state index contributed by atoms with van der Waals surface area (Å²) in [4.78, 5) is 21.1. The number of nitrogens with zero attached hydrogens (tertiary/aromatic N) is 2. The van der Waals surface area contributed by atoms with Gasteiger partial charge in [-0.05, 0) is 79.9 Å². The molecular formula is C27H27N3O2. The van der Waals surface area contributed by atoms with Gasteiger partial charge in [0.25, 0.3) is 0 Å². The van der Waals surface area contributed by atoms with Crippen molar-refractivity contribution >= 4 is 5.78 Å². The normalized spacial score (nSPS) is 30.6. The van der Waals surface area contributed by atoms with Gasteiger partial charge in [-0.2, -0.15) is 0 Å². The lowest BCUT2D eigenvalue weighted by Crippen LogP contribution is -2.72. The molecule has 0 aliphatic carbocycles. The quantitative estimate of drug-likeness (QED) is 0.619. The number of pyridine rings is 1. The van der Waals surface area contributed by atoms with Crippen molar-refractivity contribution in [1.29, 1.82) is 0 Å². The molecule has 3 unspecified atom stereocenters. The number of ether oxygens (including phenoxy) is 1. The highest BCUT2D eigenvalue weighted by Crippen LogP contribution is 2.51. The number of rotatable bonds is 5. The van der Waals surface area contributed by atoms with Crippen LogP contribution in [0.2, 0.25) is 0 Å². The van der Waals surface area contributed by atoms with Crippen LogP contribution < -0.4 is 10.1 Å². The third kappa shape index (κ3) is 2.99. The second kappa shape index (κ2) is 7.84. The summed E-state index contributed by atoms with van der Waals surface area (Å²) in [7, 11) is 0. The van der Waals surface area contributed by atoms with Gasteiger partial charge in [-0.3, -0.25) is 14.7 Å². The predicted octanol–water partition coefficient (Wildman–Crippen LogP) is 4.28. The topological polar surface area (TPSA) is 54.5 Å². The van der Waals surface area contributed by atoms with Gasteiger partial charge in [0, 0.05) is 36.5 Å². The second-order valence-corrected chi connectivity index (χ2v) is 9.14. The maximum absolute atomic E-state index is 14.3. The van der Waals surface area contributed by atoms with Crippen LogP contribution in [0.3, 0.4) is 0 Å². The summed E-state index contributed by atoms with van der Waals surface area (Å²) in [5.74, 6) is 2.39. The first-order valence-electron chi connectivity index (χ1n) is 11.5. The van der Waals surface area contributed by atoms with Gasteiger partial charge < -0.3 is 10.1 Å². The first kappa shape index (κ1) is 19.6. The maximum Gasteiger partial charge on any atom is 0.185 e. The van der Waals surface area contributed by atoms with Crippen molar-refractivity contribution < 1.29 is 9.53 Å². The van der Waals surface area contributed by atoms with Gasteiger partial charge in [0.05, 0.1) is 0 Å². The average Bonchev–Trinajstić information content (AvgIpc) is 3.30. The summed E-state index contributed by atoms with van der Waals surface area (Å²) in [6.07, 6.45) is 6.06. The van der Waals surface area contributed by atoms with E-state index in [9.17, 15) is 4.79 Å². The first-order chi connectivity index (χ1) is 15.8. The highest BCUT2D eigenvalue weighted by atomic mass is 16.5. The zero-order valence-corrected chi connectivity index (χ0v) is 18.0. The van der Waals surface area contributed by atoms with Gasteiger partial charge in [0.15, 0.2) is 5.78 Å². The number of para-hydroxylation sites is 1. The van der Waals surface area contributed by atoms with E-state index in [1.807, 2.05) is 66.9 Å². The Bertz CT molecular complexity index is 1090. The number of carbonyl (C=O) groups excluding carboxylic acids is 1. The van der Waals surface area contributed by atoms with E-state index >= 15 is 0 Å². The zero-order valence-electron chi connectivity index (χ0n) is 18.0. The van der Waals surface area contributed by atoms with Gasteiger partial charge in [-0.1, -0.05) is 24.3 Å². The van der Waals surface area contributed by atoms with Crippen LogP contribution >= 0.6 is 0 Å². The molecule has 1 aromatic heterocycles. The predicted molar refractivity (Wildman–Crippen MR) is 123 cm³/mol. The van der Waals surface area contributed by atoms with Crippen LogP contribution in [0.4, 0.5) is 0 Å². The van der Waals surface area contributed by atoms with Gasteiger partial charge in [-0.25, -0.2) is 0 Å². The molecule has 7 rings (SSSR count). The zero-order chi connectivity index (χ0) is 21.5. The Labute approximate surface area is 188 Å². The molecule has 4 saturated heterocycles. The number of piperidine rings is 3. The van der Waals surface area contributed by atoms with E-state index in [1.54, 1.807) is 6.20 Å². The fraction of sp³-hybridized carbons (Fsp3) is 0.333. The molecule has 1 N–H and O–H groups in total. The van der Waals surface area contributed by atoms with Crippen LogP contribution in [0.1, 0.15) is 34.7 Å². The van der Waals surface area contributed by atoms with E-state index < -0.39 is 5.54 Å². The van der Waals surface area contributed by atoms with Crippen molar-refractivity contribution in [2.45, 2.75) is 30.3 Å². The smallest absolute Gasteiger partial charge is 0.185 e. The minimum Gasteiger partial charge on any atom is -0.457 e. The standard InChI is InChI=1S/C27H27N3O2/c31-26(20-8-10-23(11-9-20)32-22-6-2-1-3-7-22)27-24(21-5-4-14-28-17-21)18-29-25(27)19-12-15-30(27)16-13-19/h1-11,14,17,19,24-25,29H,12-13,15-16,18H2. The lowest BCUT2D eigenvalue weighted by molar-refractivity contribution is -0.0313. The van der Waals surface area contributed by atoms with Crippen LogP contribution in [0, 0.1) is 5.92 Å². The lowest BCUT2D eigenvalue weighted by atomic mass is 9.63. The second-order valence-electron chi connectivity index (χ2n) is 9.14. The van der Waals surface area contributed by atoms with E-state index in [4.69, 9.17) is 4.74 Å². The van der Waals surface area contributed by atoms with Crippen LogP contribution in [0.25, 0.3) is 0 Å². The van der Waals surface area contributed by atoms with Gasteiger partial charge in [0.2, 0.25) is 0 Å². The van der Waals surface area contributed by atoms with E-state index in [0.717, 1.165) is 55.1 Å². The Hall–Kier alpha value is -3.02. The number of carbonyl (C=O) groups is 1. The molecule has 3 aromatic rings. The van der Waals surface area contributed by atoms with E-state index in [-0.39, 0.29) is 17.7 Å². The maximum atomic E-state index is 14.3. The number of Topliss-reactive ketones (excluding diaryl/α,β-unsaturated/α-hetero) is 1. The first-order valence-corrected chi connectivity index (χ1v) is 11.5. The van der Waals surface area contributed by atoms with E-state index in [0.29, 0.717) is 5.92 Å². The van der Waals surface area contributed by atoms with E-state index in [1.165, 1.54) is 0 Å². The van der Waals surface area contributed by atoms with E-state index in [2.05, 4.69) is 21.3 Å². The average molecular weight is 426 g/mol. The Morgan fingerprint density at radius 1 is 0.969 bits per heavy atom. The van der Waals surface area contributed by atoms with Crippen LogP contribution in [-0.4, -0.2) is 46.9 Å². The summed E-state index contributed by atoms with van der Waals surface area (Å²) < 4.78 is 5.94. The number of hydrogen-bond donors (Lipinski definition) is 1. The molecular weight excluding hydrogens is 398 g/mol. The molecule has 2 bridgehead atoms. The van der Waals surface area contributed by atoms with Gasteiger partial charge >= 0.3 is 0 Å². The highest BCUT2D eigenvalue weighted by molar-refractivity contribution is 6.05. The summed E-state index contributed by atoms with van der Waals surface area (Å²) in [5, 5.41) is 3.76. The van der Waals surface area contributed by atoms with Crippen LogP contribution in [0.5, 0.6) is 11.5 Å². The Balaban J connectivity index is 1.36. The van der Waals surface area contributed by atoms with Crippen LogP contribution in [0.15, 0.2) is 79.1 Å². The summed E-state index contributed by atoms with van der Waals surface area (Å²) in [6, 6.07) is 21.7. The number of benzene rings is 2. The molecule has 162 valence electrons. The third-order valence-electron chi connectivity index (χ3n) is 7.63. The molecule has 4 fully saturated rings. The Morgan fingerprint density at radius 3 is 2.44 bits per heavy atom. The molecule has 4 aliphatic rings. The molecule has 0 amide bonds. The number of hydrogen-bond acceptors (Lipinski definition) is 5. The number of fused-ring (bicyclic) bond motifs is 2. The fourth-order valence-electron chi connectivity index (χ4n) is 6.25. The molecule has 4 aliphatic heterocycles. The molecule has 0 radical (unpaired) electrons. The minimum atomic E-state index is -0.550. The van der Waals surface area contributed by atoms with Crippen molar-refractivity contribution in [2.24, 2.45) is 5.92 Å². The monoisotopic (exact) mass is 425 g/mol. The Kier molecular flexibility index (Phi) is 4.81. The SMILES string of the molecule is O=C(c1ccc(Oc2ccccc2)cc1)C12C(c3cccnc3)CNC1C1CCN2CC1. The molecule has 32 heavy (non-hydrogen) atoms. The molecule has 2 aromatic carbocycles. The number of aromatic nitrogens is 1.